The van der Waals surface area contributed by atoms with Crippen LogP contribution in [0.1, 0.15) is 33.2 Å². The van der Waals surface area contributed by atoms with Gasteiger partial charge in [-0.3, -0.25) is 13.8 Å². The molecule has 0 aliphatic rings. The van der Waals surface area contributed by atoms with Gasteiger partial charge in [0.25, 0.3) is 5.91 Å². The number of aryl methyl sites for hydroxylation is 1. The third-order valence-corrected chi connectivity index (χ3v) is 4.43. The van der Waals surface area contributed by atoms with E-state index < -0.39 is 22.6 Å². The average molecular weight is 317 g/mol. The highest BCUT2D eigenvalue weighted by Gasteiger charge is 2.19. The Kier molecular flexibility index (Phi) is 5.71. The second-order valence-corrected chi connectivity index (χ2v) is 6.77. The summed E-state index contributed by atoms with van der Waals surface area (Å²) in [6.45, 7) is 3.66. The minimum atomic E-state index is -1.04. The summed E-state index contributed by atoms with van der Waals surface area (Å²) in [7, 11) is -1.04. The van der Waals surface area contributed by atoms with Crippen LogP contribution in [0.4, 0.5) is 0 Å². The van der Waals surface area contributed by atoms with Gasteiger partial charge in [-0.25, -0.2) is 0 Å². The van der Waals surface area contributed by atoms with Crippen LogP contribution in [0.2, 0.25) is 5.02 Å². The smallest absolute Gasteiger partial charge is 0.252 e. The molecule has 110 valence electrons. The standard InChI is InChI=1S/C13H17ClN2O3S/c1-7-4-9(14)5-10(11(7)12(15)17)13(18)16-6-8(2)20(3)19/h4-5,8H,6H2,1-3H3,(H2,15,17)(H,16,18). The lowest BCUT2D eigenvalue weighted by Gasteiger charge is -2.13. The fourth-order valence-electron chi connectivity index (χ4n) is 1.70. The van der Waals surface area contributed by atoms with Crippen molar-refractivity contribution in [1.82, 2.24) is 5.32 Å². The van der Waals surface area contributed by atoms with Crippen molar-refractivity contribution >= 4 is 34.2 Å². The zero-order chi connectivity index (χ0) is 15.4. The summed E-state index contributed by atoms with van der Waals surface area (Å²) >= 11 is 5.90. The van der Waals surface area contributed by atoms with E-state index in [1.165, 1.54) is 6.07 Å². The number of benzene rings is 1. The Bertz CT molecular complexity index is 575. The summed E-state index contributed by atoms with van der Waals surface area (Å²) in [4.78, 5) is 23.6. The minimum absolute atomic E-state index is 0.136. The molecule has 3 N–H and O–H groups in total. The van der Waals surface area contributed by atoms with Crippen LogP contribution in [-0.2, 0) is 10.8 Å². The number of hydrogen-bond donors (Lipinski definition) is 2. The Morgan fingerprint density at radius 1 is 1.45 bits per heavy atom. The van der Waals surface area contributed by atoms with Crippen LogP contribution in [0.25, 0.3) is 0 Å². The Balaban J connectivity index is 3.03. The number of primary amides is 1. The molecule has 0 aliphatic heterocycles. The molecule has 0 aliphatic carbocycles. The lowest BCUT2D eigenvalue weighted by molar-refractivity contribution is 0.0936. The van der Waals surface area contributed by atoms with Crippen LogP contribution in [0.15, 0.2) is 12.1 Å². The summed E-state index contributed by atoms with van der Waals surface area (Å²) in [5.74, 6) is -1.14. The quantitative estimate of drug-likeness (QED) is 0.856. The highest BCUT2D eigenvalue weighted by atomic mass is 35.5. The van der Waals surface area contributed by atoms with Crippen molar-refractivity contribution < 1.29 is 13.8 Å². The van der Waals surface area contributed by atoms with Gasteiger partial charge >= 0.3 is 0 Å². The fraction of sp³-hybridized carbons (Fsp3) is 0.385. The van der Waals surface area contributed by atoms with E-state index >= 15 is 0 Å². The van der Waals surface area contributed by atoms with Gasteiger partial charge < -0.3 is 11.1 Å². The molecule has 2 amide bonds. The average Bonchev–Trinajstić information content (AvgIpc) is 2.33. The zero-order valence-corrected chi connectivity index (χ0v) is 13.1. The van der Waals surface area contributed by atoms with E-state index in [1.807, 2.05) is 0 Å². The molecular formula is C13H17ClN2O3S. The van der Waals surface area contributed by atoms with Gasteiger partial charge in [0.15, 0.2) is 0 Å². The topological polar surface area (TPSA) is 89.3 Å². The molecule has 2 atom stereocenters. The van der Waals surface area contributed by atoms with Crippen molar-refractivity contribution in [2.24, 2.45) is 5.73 Å². The monoisotopic (exact) mass is 316 g/mol. The first-order valence-corrected chi connectivity index (χ1v) is 7.94. The molecular weight excluding hydrogens is 300 g/mol. The van der Waals surface area contributed by atoms with Crippen molar-refractivity contribution in [2.45, 2.75) is 19.1 Å². The van der Waals surface area contributed by atoms with Crippen molar-refractivity contribution in [3.63, 3.8) is 0 Å². The predicted octanol–water partition coefficient (Wildman–Crippen LogP) is 1.24. The van der Waals surface area contributed by atoms with E-state index in [2.05, 4.69) is 5.32 Å². The molecule has 0 radical (unpaired) electrons. The number of amides is 2. The van der Waals surface area contributed by atoms with Crippen LogP contribution in [0.3, 0.4) is 0 Å². The van der Waals surface area contributed by atoms with E-state index in [0.29, 0.717) is 10.6 Å². The van der Waals surface area contributed by atoms with Crippen molar-refractivity contribution in [3.8, 4) is 0 Å². The Labute approximate surface area is 125 Å². The molecule has 0 saturated carbocycles. The van der Waals surface area contributed by atoms with Crippen molar-refractivity contribution in [1.29, 1.82) is 0 Å². The third-order valence-electron chi connectivity index (χ3n) is 2.91. The van der Waals surface area contributed by atoms with E-state index in [0.717, 1.165) is 0 Å². The van der Waals surface area contributed by atoms with E-state index in [1.54, 1.807) is 26.2 Å². The first-order valence-electron chi connectivity index (χ1n) is 5.94. The molecule has 2 unspecified atom stereocenters. The largest absolute Gasteiger partial charge is 0.366 e. The first-order chi connectivity index (χ1) is 9.23. The van der Waals surface area contributed by atoms with Crippen LogP contribution in [0, 0.1) is 6.92 Å². The van der Waals surface area contributed by atoms with Gasteiger partial charge in [0, 0.05) is 33.9 Å². The van der Waals surface area contributed by atoms with Crippen LogP contribution < -0.4 is 11.1 Å². The molecule has 5 nitrogen and oxygen atoms in total. The minimum Gasteiger partial charge on any atom is -0.366 e. The molecule has 1 aromatic carbocycles. The molecule has 1 rings (SSSR count). The number of nitrogens with one attached hydrogen (secondary N) is 1. The van der Waals surface area contributed by atoms with Gasteiger partial charge in [0.05, 0.1) is 11.1 Å². The van der Waals surface area contributed by atoms with Crippen LogP contribution >= 0.6 is 11.6 Å². The molecule has 0 heterocycles. The lowest BCUT2D eigenvalue weighted by atomic mass is 10.0. The maximum absolute atomic E-state index is 12.1. The summed E-state index contributed by atoms with van der Waals surface area (Å²) in [5, 5.41) is 2.80. The van der Waals surface area contributed by atoms with Crippen LogP contribution in [-0.4, -0.2) is 34.1 Å². The van der Waals surface area contributed by atoms with Gasteiger partial charge in [-0.05, 0) is 31.5 Å². The summed E-state index contributed by atoms with van der Waals surface area (Å²) in [6.07, 6.45) is 1.56. The lowest BCUT2D eigenvalue weighted by Crippen LogP contribution is -2.34. The van der Waals surface area contributed by atoms with Crippen molar-refractivity contribution in [3.05, 3.63) is 33.8 Å². The van der Waals surface area contributed by atoms with Gasteiger partial charge in [-0.1, -0.05) is 11.6 Å². The van der Waals surface area contributed by atoms with Gasteiger partial charge in [0.2, 0.25) is 5.91 Å². The molecule has 0 saturated heterocycles. The predicted molar refractivity (Wildman–Crippen MR) is 80.6 cm³/mol. The summed E-state index contributed by atoms with van der Waals surface area (Å²) in [6, 6.07) is 2.97. The Hall–Kier alpha value is -1.40. The summed E-state index contributed by atoms with van der Waals surface area (Å²) < 4.78 is 11.2. The second-order valence-electron chi connectivity index (χ2n) is 4.53. The number of nitrogens with two attached hydrogens (primary N) is 1. The molecule has 0 bridgehead atoms. The van der Waals surface area contributed by atoms with Crippen LogP contribution in [0.5, 0.6) is 0 Å². The zero-order valence-electron chi connectivity index (χ0n) is 11.5. The molecule has 0 fully saturated rings. The normalized spacial score (nSPS) is 13.6. The Morgan fingerprint density at radius 2 is 2.05 bits per heavy atom. The van der Waals surface area contributed by atoms with Crippen molar-refractivity contribution in [2.75, 3.05) is 12.8 Å². The maximum atomic E-state index is 12.1. The number of carbonyl (C=O) groups excluding carboxylic acids is 2. The Morgan fingerprint density at radius 3 is 2.55 bits per heavy atom. The SMILES string of the molecule is Cc1cc(Cl)cc(C(=O)NCC(C)S(C)=O)c1C(N)=O. The molecule has 20 heavy (non-hydrogen) atoms. The van der Waals surface area contributed by atoms with E-state index in [-0.39, 0.29) is 22.9 Å². The van der Waals surface area contributed by atoms with Gasteiger partial charge in [-0.2, -0.15) is 0 Å². The molecule has 7 heteroatoms. The molecule has 0 aromatic heterocycles. The fourth-order valence-corrected chi connectivity index (χ4v) is 2.29. The second kappa shape index (κ2) is 6.85. The first kappa shape index (κ1) is 16.7. The number of hydrogen-bond acceptors (Lipinski definition) is 3. The van der Waals surface area contributed by atoms with Gasteiger partial charge in [0.1, 0.15) is 0 Å². The van der Waals surface area contributed by atoms with Gasteiger partial charge in [-0.15, -0.1) is 0 Å². The third kappa shape index (κ3) is 4.05. The maximum Gasteiger partial charge on any atom is 0.252 e. The molecule has 1 aromatic rings. The molecule has 0 spiro atoms. The van der Waals surface area contributed by atoms with E-state index in [4.69, 9.17) is 17.3 Å². The highest BCUT2D eigenvalue weighted by molar-refractivity contribution is 7.84. The highest BCUT2D eigenvalue weighted by Crippen LogP contribution is 2.20. The number of carbonyl (C=O) groups is 2. The number of halogens is 1. The van der Waals surface area contributed by atoms with E-state index in [9.17, 15) is 13.8 Å². The number of rotatable bonds is 5. The summed E-state index contributed by atoms with van der Waals surface area (Å²) in [5.41, 5.74) is 6.13.